The Bertz CT molecular complexity index is 367. The van der Waals surface area contributed by atoms with Gasteiger partial charge in [0.15, 0.2) is 0 Å². The van der Waals surface area contributed by atoms with Gasteiger partial charge in [0, 0.05) is 19.5 Å². The molecule has 0 aliphatic carbocycles. The van der Waals surface area contributed by atoms with Gasteiger partial charge < -0.3 is 10.6 Å². The molecule has 17 heavy (non-hydrogen) atoms. The lowest BCUT2D eigenvalue weighted by molar-refractivity contribution is -0.134. The van der Waals surface area contributed by atoms with E-state index in [1.165, 1.54) is 5.56 Å². The standard InChI is InChI=1S/C12H19BrN2OS/c1-9(4-3-5-14)12(16)15(2)7-10-6-11(13)17-8-10/h6,8-9H,3-5,7,14H2,1-2H3. The minimum absolute atomic E-state index is 0.0608. The van der Waals surface area contributed by atoms with Gasteiger partial charge in [0.1, 0.15) is 0 Å². The maximum absolute atomic E-state index is 12.0. The summed E-state index contributed by atoms with van der Waals surface area (Å²) in [5, 5.41) is 2.07. The third kappa shape index (κ3) is 4.77. The molecule has 1 rings (SSSR count). The van der Waals surface area contributed by atoms with Crippen LogP contribution in [0.3, 0.4) is 0 Å². The first-order chi connectivity index (χ1) is 8.04. The van der Waals surface area contributed by atoms with Crippen molar-refractivity contribution < 1.29 is 4.79 Å². The highest BCUT2D eigenvalue weighted by Gasteiger charge is 2.17. The molecule has 1 aromatic heterocycles. The topological polar surface area (TPSA) is 46.3 Å². The molecule has 0 aromatic carbocycles. The Labute approximate surface area is 115 Å². The third-order valence-electron chi connectivity index (χ3n) is 2.68. The minimum Gasteiger partial charge on any atom is -0.341 e. The van der Waals surface area contributed by atoms with Gasteiger partial charge in [-0.2, -0.15) is 0 Å². The van der Waals surface area contributed by atoms with Gasteiger partial charge >= 0.3 is 0 Å². The SMILES string of the molecule is CC(CCCN)C(=O)N(C)Cc1csc(Br)c1. The quantitative estimate of drug-likeness (QED) is 0.876. The number of nitrogens with zero attached hydrogens (tertiary/aromatic N) is 1. The Morgan fingerprint density at radius 2 is 2.35 bits per heavy atom. The van der Waals surface area contributed by atoms with Crippen molar-refractivity contribution in [1.82, 2.24) is 4.90 Å². The predicted octanol–water partition coefficient (Wildman–Crippen LogP) is 2.84. The van der Waals surface area contributed by atoms with Crippen LogP contribution in [0, 0.1) is 5.92 Å². The molecule has 5 heteroatoms. The Kier molecular flexibility index (Phi) is 6.16. The van der Waals surface area contributed by atoms with Crippen molar-refractivity contribution in [2.75, 3.05) is 13.6 Å². The van der Waals surface area contributed by atoms with Crippen molar-refractivity contribution in [3.05, 3.63) is 20.8 Å². The molecule has 0 bridgehead atoms. The van der Waals surface area contributed by atoms with Crippen LogP contribution in [0.1, 0.15) is 25.3 Å². The summed E-state index contributed by atoms with van der Waals surface area (Å²) < 4.78 is 1.10. The van der Waals surface area contributed by atoms with Crippen LogP contribution < -0.4 is 5.73 Å². The highest BCUT2D eigenvalue weighted by molar-refractivity contribution is 9.11. The van der Waals surface area contributed by atoms with Gasteiger partial charge in [-0.05, 0) is 52.3 Å². The number of hydrogen-bond acceptors (Lipinski definition) is 3. The van der Waals surface area contributed by atoms with Crippen LogP contribution >= 0.6 is 27.3 Å². The van der Waals surface area contributed by atoms with Gasteiger partial charge in [0.05, 0.1) is 3.79 Å². The maximum Gasteiger partial charge on any atom is 0.225 e. The molecule has 2 N–H and O–H groups in total. The van der Waals surface area contributed by atoms with Crippen molar-refractivity contribution >= 4 is 33.2 Å². The van der Waals surface area contributed by atoms with Crippen LogP contribution in [0.4, 0.5) is 0 Å². The van der Waals surface area contributed by atoms with Gasteiger partial charge in [-0.25, -0.2) is 0 Å². The lowest BCUT2D eigenvalue weighted by Gasteiger charge is -2.20. The van der Waals surface area contributed by atoms with E-state index in [2.05, 4.69) is 27.4 Å². The fraction of sp³-hybridized carbons (Fsp3) is 0.583. The molecular weight excluding hydrogens is 300 g/mol. The molecule has 0 aliphatic rings. The summed E-state index contributed by atoms with van der Waals surface area (Å²) in [5.41, 5.74) is 6.62. The summed E-state index contributed by atoms with van der Waals surface area (Å²) in [6.07, 6.45) is 1.78. The first-order valence-corrected chi connectivity index (χ1v) is 7.39. The average molecular weight is 319 g/mol. The molecule has 0 fully saturated rings. The number of hydrogen-bond donors (Lipinski definition) is 1. The fourth-order valence-electron chi connectivity index (χ4n) is 1.70. The number of carbonyl (C=O) groups excluding carboxylic acids is 1. The molecule has 1 aromatic rings. The second-order valence-electron chi connectivity index (χ2n) is 4.29. The van der Waals surface area contributed by atoms with E-state index in [0.717, 1.165) is 16.6 Å². The number of rotatable bonds is 6. The summed E-state index contributed by atoms with van der Waals surface area (Å²) >= 11 is 5.07. The van der Waals surface area contributed by atoms with E-state index in [4.69, 9.17) is 5.73 Å². The third-order valence-corrected chi connectivity index (χ3v) is 4.23. The van der Waals surface area contributed by atoms with E-state index in [0.29, 0.717) is 13.1 Å². The zero-order valence-corrected chi connectivity index (χ0v) is 12.7. The van der Waals surface area contributed by atoms with Gasteiger partial charge in [0.25, 0.3) is 0 Å². The van der Waals surface area contributed by atoms with Crippen LogP contribution in [-0.2, 0) is 11.3 Å². The molecule has 0 spiro atoms. The molecule has 0 saturated heterocycles. The Balaban J connectivity index is 2.46. The molecule has 1 unspecified atom stereocenters. The Hall–Kier alpha value is -0.390. The van der Waals surface area contributed by atoms with E-state index < -0.39 is 0 Å². The first-order valence-electron chi connectivity index (χ1n) is 5.72. The molecule has 1 atom stereocenters. The number of amides is 1. The number of thiophene rings is 1. The van der Waals surface area contributed by atoms with E-state index in [9.17, 15) is 4.79 Å². The molecule has 0 saturated carbocycles. The minimum atomic E-state index is 0.0608. The Morgan fingerprint density at radius 3 is 2.88 bits per heavy atom. The number of carbonyl (C=O) groups is 1. The van der Waals surface area contributed by atoms with Crippen molar-refractivity contribution in [3.63, 3.8) is 0 Å². The highest BCUT2D eigenvalue weighted by atomic mass is 79.9. The predicted molar refractivity (Wildman–Crippen MR) is 75.9 cm³/mol. The van der Waals surface area contributed by atoms with E-state index in [1.807, 2.05) is 14.0 Å². The summed E-state index contributed by atoms with van der Waals surface area (Å²) in [6.45, 7) is 3.30. The van der Waals surface area contributed by atoms with Crippen LogP contribution in [0.25, 0.3) is 0 Å². The van der Waals surface area contributed by atoms with Crippen LogP contribution in [-0.4, -0.2) is 24.4 Å². The van der Waals surface area contributed by atoms with Crippen molar-refractivity contribution in [3.8, 4) is 0 Å². The van der Waals surface area contributed by atoms with Crippen molar-refractivity contribution in [1.29, 1.82) is 0 Å². The summed E-state index contributed by atoms with van der Waals surface area (Å²) in [6, 6.07) is 2.05. The molecular formula is C12H19BrN2OS. The normalized spacial score (nSPS) is 12.5. The molecule has 0 aliphatic heterocycles. The van der Waals surface area contributed by atoms with Crippen LogP contribution in [0.2, 0.25) is 0 Å². The average Bonchev–Trinajstić information content (AvgIpc) is 2.70. The lowest BCUT2D eigenvalue weighted by Crippen LogP contribution is -2.31. The molecule has 3 nitrogen and oxygen atoms in total. The van der Waals surface area contributed by atoms with E-state index >= 15 is 0 Å². The number of nitrogens with two attached hydrogens (primary N) is 1. The van der Waals surface area contributed by atoms with Crippen LogP contribution in [0.5, 0.6) is 0 Å². The van der Waals surface area contributed by atoms with Gasteiger partial charge in [-0.1, -0.05) is 6.92 Å². The van der Waals surface area contributed by atoms with Crippen LogP contribution in [0.15, 0.2) is 15.2 Å². The summed E-state index contributed by atoms with van der Waals surface area (Å²) in [5.74, 6) is 0.256. The first kappa shape index (κ1) is 14.7. The largest absolute Gasteiger partial charge is 0.341 e. The summed E-state index contributed by atoms with van der Waals surface area (Å²) in [4.78, 5) is 13.8. The zero-order valence-electron chi connectivity index (χ0n) is 10.3. The molecule has 1 amide bonds. The lowest BCUT2D eigenvalue weighted by atomic mass is 10.0. The van der Waals surface area contributed by atoms with E-state index in [-0.39, 0.29) is 11.8 Å². The highest BCUT2D eigenvalue weighted by Crippen LogP contribution is 2.22. The molecule has 96 valence electrons. The molecule has 1 heterocycles. The van der Waals surface area contributed by atoms with Crippen molar-refractivity contribution in [2.24, 2.45) is 11.7 Å². The van der Waals surface area contributed by atoms with Crippen molar-refractivity contribution in [2.45, 2.75) is 26.3 Å². The Morgan fingerprint density at radius 1 is 1.65 bits per heavy atom. The smallest absolute Gasteiger partial charge is 0.225 e. The number of halogens is 1. The molecule has 0 radical (unpaired) electrons. The second-order valence-corrected chi connectivity index (χ2v) is 6.58. The van der Waals surface area contributed by atoms with Gasteiger partial charge in [-0.15, -0.1) is 11.3 Å². The van der Waals surface area contributed by atoms with E-state index in [1.54, 1.807) is 16.2 Å². The maximum atomic E-state index is 12.0. The summed E-state index contributed by atoms with van der Waals surface area (Å²) in [7, 11) is 1.85. The van der Waals surface area contributed by atoms with Gasteiger partial charge in [0.2, 0.25) is 5.91 Å². The zero-order chi connectivity index (χ0) is 12.8. The second kappa shape index (κ2) is 7.13. The fourth-order valence-corrected chi connectivity index (χ4v) is 2.90. The van der Waals surface area contributed by atoms with Gasteiger partial charge in [-0.3, -0.25) is 4.79 Å². The monoisotopic (exact) mass is 318 g/mol.